The zero-order valence-electron chi connectivity index (χ0n) is 16.9. The lowest BCUT2D eigenvalue weighted by atomic mass is 10.2. The van der Waals surface area contributed by atoms with Crippen LogP contribution >= 0.6 is 0 Å². The molecule has 0 aliphatic heterocycles. The summed E-state index contributed by atoms with van der Waals surface area (Å²) in [6.07, 6.45) is 1.91. The van der Waals surface area contributed by atoms with Crippen LogP contribution in [0.15, 0.2) is 85.1 Å². The summed E-state index contributed by atoms with van der Waals surface area (Å²) >= 11 is 0. The Hall–Kier alpha value is -3.73. The first-order valence-electron chi connectivity index (χ1n) is 10.0. The molecule has 0 unspecified atom stereocenters. The standard InChI is InChI=1S/C25H24N2O3/c1-2-29-24-13-7-6-11-21(24)26-25(28)17-27-16-15-20-22(27)12-8-14-23(20)30-18-19-9-4-3-5-10-19/h3-16H,2,17-18H2,1H3,(H,26,28). The molecule has 1 aromatic heterocycles. The monoisotopic (exact) mass is 400 g/mol. The van der Waals surface area contributed by atoms with Crippen molar-refractivity contribution in [3.05, 3.63) is 90.6 Å². The Morgan fingerprint density at radius 1 is 0.867 bits per heavy atom. The fraction of sp³-hybridized carbons (Fsp3) is 0.160. The quantitative estimate of drug-likeness (QED) is 0.439. The number of para-hydroxylation sites is 2. The van der Waals surface area contributed by atoms with Gasteiger partial charge in [-0.3, -0.25) is 4.79 Å². The summed E-state index contributed by atoms with van der Waals surface area (Å²) < 4.78 is 13.5. The normalized spacial score (nSPS) is 10.7. The van der Waals surface area contributed by atoms with Crippen LogP contribution in [0.1, 0.15) is 12.5 Å². The third-order valence-corrected chi connectivity index (χ3v) is 4.79. The number of fused-ring (bicyclic) bond motifs is 1. The third-order valence-electron chi connectivity index (χ3n) is 4.79. The maximum atomic E-state index is 12.7. The highest BCUT2D eigenvalue weighted by Crippen LogP contribution is 2.28. The number of hydrogen-bond donors (Lipinski definition) is 1. The summed E-state index contributed by atoms with van der Waals surface area (Å²) in [4.78, 5) is 12.7. The molecule has 1 N–H and O–H groups in total. The van der Waals surface area contributed by atoms with E-state index >= 15 is 0 Å². The molecule has 0 atom stereocenters. The molecule has 3 aromatic carbocycles. The Morgan fingerprint density at radius 2 is 1.63 bits per heavy atom. The van der Waals surface area contributed by atoms with E-state index in [9.17, 15) is 4.79 Å². The van der Waals surface area contributed by atoms with Crippen molar-refractivity contribution in [3.8, 4) is 11.5 Å². The molecular formula is C25H24N2O3. The second kappa shape index (κ2) is 9.18. The van der Waals surface area contributed by atoms with Gasteiger partial charge in [0.1, 0.15) is 24.7 Å². The van der Waals surface area contributed by atoms with Crippen molar-refractivity contribution in [1.29, 1.82) is 0 Å². The first-order chi connectivity index (χ1) is 14.7. The highest BCUT2D eigenvalue weighted by molar-refractivity contribution is 5.94. The van der Waals surface area contributed by atoms with Gasteiger partial charge in [-0.05, 0) is 42.8 Å². The molecule has 0 aliphatic carbocycles. The van der Waals surface area contributed by atoms with E-state index in [4.69, 9.17) is 9.47 Å². The number of carbonyl (C=O) groups is 1. The van der Waals surface area contributed by atoms with Crippen LogP contribution in [0.4, 0.5) is 5.69 Å². The molecule has 5 nitrogen and oxygen atoms in total. The summed E-state index contributed by atoms with van der Waals surface area (Å²) in [5.41, 5.74) is 2.74. The minimum Gasteiger partial charge on any atom is -0.492 e. The Bertz CT molecular complexity index is 1140. The maximum Gasteiger partial charge on any atom is 0.244 e. The lowest BCUT2D eigenvalue weighted by Gasteiger charge is -2.12. The van der Waals surface area contributed by atoms with Crippen molar-refractivity contribution >= 4 is 22.5 Å². The molecule has 4 aromatic rings. The molecule has 0 saturated carbocycles. The second-order valence-corrected chi connectivity index (χ2v) is 6.88. The summed E-state index contributed by atoms with van der Waals surface area (Å²) in [6.45, 7) is 3.16. The van der Waals surface area contributed by atoms with Crippen molar-refractivity contribution in [2.24, 2.45) is 0 Å². The molecule has 0 spiro atoms. The molecule has 0 aliphatic rings. The highest BCUT2D eigenvalue weighted by atomic mass is 16.5. The van der Waals surface area contributed by atoms with Gasteiger partial charge < -0.3 is 19.4 Å². The third kappa shape index (κ3) is 4.46. The number of rotatable bonds is 8. The molecule has 30 heavy (non-hydrogen) atoms. The number of amides is 1. The molecular weight excluding hydrogens is 376 g/mol. The molecule has 0 bridgehead atoms. The van der Waals surface area contributed by atoms with E-state index in [1.807, 2.05) is 96.6 Å². The highest BCUT2D eigenvalue weighted by Gasteiger charge is 2.12. The number of anilines is 1. The number of benzene rings is 3. The van der Waals surface area contributed by atoms with E-state index in [1.165, 1.54) is 0 Å². The molecule has 0 radical (unpaired) electrons. The minimum absolute atomic E-state index is 0.115. The van der Waals surface area contributed by atoms with Crippen LogP contribution in [-0.2, 0) is 17.9 Å². The maximum absolute atomic E-state index is 12.7. The van der Waals surface area contributed by atoms with Gasteiger partial charge in [-0.15, -0.1) is 0 Å². The van der Waals surface area contributed by atoms with Gasteiger partial charge in [-0.1, -0.05) is 48.5 Å². The molecule has 0 saturated heterocycles. The van der Waals surface area contributed by atoms with Gasteiger partial charge in [0.25, 0.3) is 0 Å². The van der Waals surface area contributed by atoms with Crippen molar-refractivity contribution in [2.75, 3.05) is 11.9 Å². The molecule has 1 amide bonds. The van der Waals surface area contributed by atoms with Gasteiger partial charge in [0.05, 0.1) is 17.8 Å². The van der Waals surface area contributed by atoms with E-state index in [0.29, 0.717) is 24.7 Å². The predicted octanol–water partition coefficient (Wildman–Crippen LogP) is 5.26. The van der Waals surface area contributed by atoms with Crippen LogP contribution < -0.4 is 14.8 Å². The SMILES string of the molecule is CCOc1ccccc1NC(=O)Cn1ccc2c(OCc3ccccc3)cccc21. The number of ether oxygens (including phenoxy) is 2. The van der Waals surface area contributed by atoms with E-state index in [1.54, 1.807) is 0 Å². The van der Waals surface area contributed by atoms with Gasteiger partial charge in [0.15, 0.2) is 0 Å². The van der Waals surface area contributed by atoms with E-state index in [-0.39, 0.29) is 12.5 Å². The zero-order chi connectivity index (χ0) is 20.8. The average molecular weight is 400 g/mol. The fourth-order valence-corrected chi connectivity index (χ4v) is 3.39. The van der Waals surface area contributed by atoms with Crippen molar-refractivity contribution < 1.29 is 14.3 Å². The van der Waals surface area contributed by atoms with Crippen LogP contribution in [0, 0.1) is 0 Å². The molecule has 0 fully saturated rings. The van der Waals surface area contributed by atoms with Crippen molar-refractivity contribution in [2.45, 2.75) is 20.1 Å². The Kier molecular flexibility index (Phi) is 5.99. The predicted molar refractivity (Wildman–Crippen MR) is 119 cm³/mol. The summed E-state index contributed by atoms with van der Waals surface area (Å²) in [5, 5.41) is 3.93. The molecule has 5 heteroatoms. The Balaban J connectivity index is 1.48. The van der Waals surface area contributed by atoms with Gasteiger partial charge in [-0.25, -0.2) is 0 Å². The zero-order valence-corrected chi connectivity index (χ0v) is 16.9. The minimum atomic E-state index is -0.115. The first kappa shape index (κ1) is 19.6. The van der Waals surface area contributed by atoms with Crippen LogP contribution in [0.25, 0.3) is 10.9 Å². The fourth-order valence-electron chi connectivity index (χ4n) is 3.39. The van der Waals surface area contributed by atoms with Crippen LogP contribution in [0.5, 0.6) is 11.5 Å². The van der Waals surface area contributed by atoms with Crippen LogP contribution in [-0.4, -0.2) is 17.1 Å². The molecule has 4 rings (SSSR count). The molecule has 152 valence electrons. The number of aromatic nitrogens is 1. The summed E-state index contributed by atoms with van der Waals surface area (Å²) in [5.74, 6) is 1.36. The number of nitrogens with zero attached hydrogens (tertiary/aromatic N) is 1. The van der Waals surface area contributed by atoms with Gasteiger partial charge in [0, 0.05) is 11.6 Å². The Morgan fingerprint density at radius 3 is 2.47 bits per heavy atom. The van der Waals surface area contributed by atoms with Gasteiger partial charge in [-0.2, -0.15) is 0 Å². The smallest absolute Gasteiger partial charge is 0.244 e. The van der Waals surface area contributed by atoms with Gasteiger partial charge in [0.2, 0.25) is 5.91 Å². The van der Waals surface area contributed by atoms with E-state index < -0.39 is 0 Å². The van der Waals surface area contributed by atoms with Crippen LogP contribution in [0.3, 0.4) is 0 Å². The summed E-state index contributed by atoms with van der Waals surface area (Å²) in [7, 11) is 0. The van der Waals surface area contributed by atoms with Crippen molar-refractivity contribution in [1.82, 2.24) is 4.57 Å². The number of hydrogen-bond acceptors (Lipinski definition) is 3. The number of nitrogens with one attached hydrogen (secondary N) is 1. The van der Waals surface area contributed by atoms with Crippen LogP contribution in [0.2, 0.25) is 0 Å². The second-order valence-electron chi connectivity index (χ2n) is 6.88. The first-order valence-corrected chi connectivity index (χ1v) is 10.0. The van der Waals surface area contributed by atoms with E-state index in [2.05, 4.69) is 5.32 Å². The lowest BCUT2D eigenvalue weighted by Crippen LogP contribution is -2.18. The largest absolute Gasteiger partial charge is 0.492 e. The van der Waals surface area contributed by atoms with E-state index in [0.717, 1.165) is 22.2 Å². The van der Waals surface area contributed by atoms with Crippen molar-refractivity contribution in [3.63, 3.8) is 0 Å². The average Bonchev–Trinajstić information content (AvgIpc) is 3.18. The van der Waals surface area contributed by atoms with Gasteiger partial charge >= 0.3 is 0 Å². The Labute approximate surface area is 175 Å². The summed E-state index contributed by atoms with van der Waals surface area (Å²) in [6, 6.07) is 25.4. The topological polar surface area (TPSA) is 52.5 Å². The lowest BCUT2D eigenvalue weighted by molar-refractivity contribution is -0.116. The molecule has 1 heterocycles. The number of carbonyl (C=O) groups excluding carboxylic acids is 1.